The van der Waals surface area contributed by atoms with Crippen LogP contribution in [0.1, 0.15) is 57.1 Å². The number of nitrogens with zero attached hydrogens (tertiary/aromatic N) is 1. The van der Waals surface area contributed by atoms with Gasteiger partial charge in [-0.25, -0.2) is 4.39 Å². The summed E-state index contributed by atoms with van der Waals surface area (Å²) in [7, 11) is 0. The van der Waals surface area contributed by atoms with Crippen LogP contribution < -0.4 is 16.0 Å². The molecule has 222 valence electrons. The minimum atomic E-state index is -1.14. The summed E-state index contributed by atoms with van der Waals surface area (Å²) in [5.41, 5.74) is 0.679. The van der Waals surface area contributed by atoms with E-state index in [4.69, 9.17) is 4.74 Å². The highest BCUT2D eigenvalue weighted by atomic mass is 127. The van der Waals surface area contributed by atoms with Gasteiger partial charge < -0.3 is 20.7 Å². The van der Waals surface area contributed by atoms with E-state index in [0.29, 0.717) is 22.1 Å². The van der Waals surface area contributed by atoms with Gasteiger partial charge in [-0.1, -0.05) is 39.0 Å². The fourth-order valence-corrected chi connectivity index (χ4v) is 7.77. The first kappa shape index (κ1) is 31.1. The maximum Gasteiger partial charge on any atom is 0.237 e. The fraction of sp³-hybridized carbons (Fsp3) is 0.548. The van der Waals surface area contributed by atoms with Crippen molar-refractivity contribution in [2.75, 3.05) is 44.7 Å². The molecule has 41 heavy (non-hydrogen) atoms. The van der Waals surface area contributed by atoms with Crippen LogP contribution in [0, 0.1) is 18.4 Å². The number of benzene rings is 2. The molecule has 4 atom stereocenters. The molecule has 0 saturated carbocycles. The van der Waals surface area contributed by atoms with Crippen molar-refractivity contribution >= 4 is 62.7 Å². The zero-order valence-electron chi connectivity index (χ0n) is 23.9. The van der Waals surface area contributed by atoms with Crippen LogP contribution in [-0.2, 0) is 19.7 Å². The lowest BCUT2D eigenvalue weighted by Gasteiger charge is -2.37. The number of nitrogens with one attached hydrogen (secondary N) is 3. The van der Waals surface area contributed by atoms with Gasteiger partial charge in [0.1, 0.15) is 11.2 Å². The highest BCUT2D eigenvalue weighted by Crippen LogP contribution is 2.56. The number of hydrogen-bond acceptors (Lipinski definition) is 5. The number of halogens is 3. The largest absolute Gasteiger partial charge is 0.379 e. The van der Waals surface area contributed by atoms with Gasteiger partial charge in [0.05, 0.1) is 19.3 Å². The quantitative estimate of drug-likeness (QED) is 0.259. The van der Waals surface area contributed by atoms with Crippen molar-refractivity contribution in [1.82, 2.24) is 15.5 Å². The molecule has 10 heteroatoms. The van der Waals surface area contributed by atoms with E-state index in [1.807, 2.05) is 46.9 Å². The van der Waals surface area contributed by atoms with E-state index >= 15 is 4.39 Å². The summed E-state index contributed by atoms with van der Waals surface area (Å²) in [6.45, 7) is 11.3. The highest BCUT2D eigenvalue weighted by Gasteiger charge is 2.66. The molecular formula is C31H39FI2N4O3. The number of morpholine rings is 1. The molecule has 7 nitrogen and oxygen atoms in total. The molecule has 3 aliphatic heterocycles. The van der Waals surface area contributed by atoms with Crippen molar-refractivity contribution in [3.05, 3.63) is 60.5 Å². The third-order valence-corrected chi connectivity index (χ3v) is 10.0. The lowest BCUT2D eigenvalue weighted by Crippen LogP contribution is -2.49. The summed E-state index contributed by atoms with van der Waals surface area (Å²) in [6, 6.07) is 10.1. The average molecular weight is 788 g/mol. The molecule has 2 aromatic rings. The summed E-state index contributed by atoms with van der Waals surface area (Å²) in [4.78, 5) is 30.6. The number of carbonyl (C=O) groups excluding carboxylic acids is 2. The molecule has 3 heterocycles. The van der Waals surface area contributed by atoms with Crippen molar-refractivity contribution in [1.29, 1.82) is 0 Å². The lowest BCUT2D eigenvalue weighted by molar-refractivity contribution is -0.123. The molecule has 3 aliphatic rings. The maximum absolute atomic E-state index is 16.0. The average Bonchev–Trinajstić information content (AvgIpc) is 3.39. The Hall–Kier alpha value is -1.35. The molecule has 2 fully saturated rings. The van der Waals surface area contributed by atoms with Crippen molar-refractivity contribution in [3.8, 4) is 0 Å². The first-order valence-electron chi connectivity index (χ1n) is 14.4. The standard InChI is InChI=1S/C31H39FI2N4O3/c1-30(2,3)18-24-31(21-10-9-19(33)17-23(21)36-29(31)40)25(20-7-6-8-22(34)26(20)32)27(37-24)28(39)35-11-4-5-12-38-13-15-41-16-14-38/h6-10,17,24-25,27,37H,4-5,11-16,18H2,1-3H3,(H,35,39)(H,36,40)/t24-,25+,27-,31+/m1/s1. The number of amides is 2. The third kappa shape index (κ3) is 6.32. The molecule has 0 radical (unpaired) electrons. The first-order valence-corrected chi connectivity index (χ1v) is 16.6. The van der Waals surface area contributed by atoms with Crippen LogP contribution in [0.5, 0.6) is 0 Å². The normalized spacial score (nSPS) is 26.3. The second-order valence-electron chi connectivity index (χ2n) is 12.5. The van der Waals surface area contributed by atoms with Crippen molar-refractivity contribution in [2.45, 2.75) is 63.5 Å². The van der Waals surface area contributed by atoms with Crippen LogP contribution in [0.2, 0.25) is 0 Å². The predicted molar refractivity (Wildman–Crippen MR) is 176 cm³/mol. The number of rotatable bonds is 8. The summed E-state index contributed by atoms with van der Waals surface area (Å²) in [5, 5.41) is 9.84. The van der Waals surface area contributed by atoms with E-state index in [9.17, 15) is 9.59 Å². The molecule has 0 bridgehead atoms. The van der Waals surface area contributed by atoms with E-state index in [0.717, 1.165) is 60.5 Å². The molecule has 1 spiro atoms. The zero-order chi connectivity index (χ0) is 29.4. The Labute approximate surface area is 269 Å². The number of ether oxygens (including phenoxy) is 1. The Balaban J connectivity index is 1.48. The Bertz CT molecular complexity index is 1300. The van der Waals surface area contributed by atoms with Gasteiger partial charge in [0, 0.05) is 44.4 Å². The van der Waals surface area contributed by atoms with Gasteiger partial charge in [0.2, 0.25) is 11.8 Å². The van der Waals surface area contributed by atoms with Gasteiger partial charge in [-0.2, -0.15) is 0 Å². The van der Waals surface area contributed by atoms with Crippen molar-refractivity contribution in [2.24, 2.45) is 5.41 Å². The van der Waals surface area contributed by atoms with Crippen LogP contribution in [0.25, 0.3) is 0 Å². The second-order valence-corrected chi connectivity index (χ2v) is 15.0. The van der Waals surface area contributed by atoms with Gasteiger partial charge >= 0.3 is 0 Å². The Kier molecular flexibility index (Phi) is 9.64. The zero-order valence-corrected chi connectivity index (χ0v) is 28.2. The maximum atomic E-state index is 16.0. The first-order chi connectivity index (χ1) is 19.5. The molecule has 2 saturated heterocycles. The molecule has 0 aromatic heterocycles. The summed E-state index contributed by atoms with van der Waals surface area (Å²) in [5.74, 6) is -1.47. The van der Waals surface area contributed by atoms with Gasteiger partial charge in [0.15, 0.2) is 0 Å². The van der Waals surface area contributed by atoms with Crippen LogP contribution in [0.3, 0.4) is 0 Å². The number of fused-ring (bicyclic) bond motifs is 2. The van der Waals surface area contributed by atoms with E-state index in [2.05, 4.69) is 64.2 Å². The minimum absolute atomic E-state index is 0.143. The number of carbonyl (C=O) groups is 2. The summed E-state index contributed by atoms with van der Waals surface area (Å²) in [6.07, 6.45) is 2.45. The highest BCUT2D eigenvalue weighted by molar-refractivity contribution is 14.1. The molecule has 3 N–H and O–H groups in total. The minimum Gasteiger partial charge on any atom is -0.379 e. The fourth-order valence-electron chi connectivity index (χ4n) is 6.76. The summed E-state index contributed by atoms with van der Waals surface area (Å²) < 4.78 is 22.9. The molecular weight excluding hydrogens is 749 g/mol. The molecule has 0 aliphatic carbocycles. The SMILES string of the molecule is CC(C)(C)C[C@H]1N[C@@H](C(=O)NCCCCN2CCOCC2)[C@H](c2cccc(I)c2F)[C@@]12C(=O)Nc1cc(I)ccc12. The van der Waals surface area contributed by atoms with Crippen LogP contribution in [0.4, 0.5) is 10.1 Å². The molecule has 2 amide bonds. The smallest absolute Gasteiger partial charge is 0.237 e. The van der Waals surface area contributed by atoms with Crippen molar-refractivity contribution < 1.29 is 18.7 Å². The van der Waals surface area contributed by atoms with Crippen LogP contribution in [0.15, 0.2) is 36.4 Å². The van der Waals surface area contributed by atoms with Crippen molar-refractivity contribution in [3.63, 3.8) is 0 Å². The van der Waals surface area contributed by atoms with Gasteiger partial charge in [-0.05, 0) is 106 Å². The lowest BCUT2D eigenvalue weighted by atomic mass is 9.62. The monoisotopic (exact) mass is 788 g/mol. The van der Waals surface area contributed by atoms with E-state index in [-0.39, 0.29) is 29.1 Å². The molecule has 2 aromatic carbocycles. The second kappa shape index (κ2) is 12.7. The van der Waals surface area contributed by atoms with Crippen LogP contribution >= 0.6 is 45.2 Å². The Morgan fingerprint density at radius 2 is 1.93 bits per heavy atom. The number of unbranched alkanes of at least 4 members (excludes halogenated alkanes) is 1. The topological polar surface area (TPSA) is 82.7 Å². The molecule has 0 unspecified atom stereocenters. The van der Waals surface area contributed by atoms with E-state index in [1.165, 1.54) is 0 Å². The van der Waals surface area contributed by atoms with Gasteiger partial charge in [-0.15, -0.1) is 0 Å². The van der Waals surface area contributed by atoms with E-state index < -0.39 is 17.4 Å². The summed E-state index contributed by atoms with van der Waals surface area (Å²) >= 11 is 4.23. The van der Waals surface area contributed by atoms with Gasteiger partial charge in [0.25, 0.3) is 0 Å². The van der Waals surface area contributed by atoms with E-state index in [1.54, 1.807) is 12.1 Å². The van der Waals surface area contributed by atoms with Crippen LogP contribution in [-0.4, -0.2) is 68.2 Å². The Morgan fingerprint density at radius 3 is 2.66 bits per heavy atom. The third-order valence-electron chi connectivity index (χ3n) is 8.53. The van der Waals surface area contributed by atoms with Gasteiger partial charge in [-0.3, -0.25) is 14.5 Å². The Morgan fingerprint density at radius 1 is 1.17 bits per heavy atom. The number of anilines is 1. The molecule has 5 rings (SSSR count). The number of hydrogen-bond donors (Lipinski definition) is 3. The predicted octanol–water partition coefficient (Wildman–Crippen LogP) is 5.01.